The molecule has 0 radical (unpaired) electrons. The third kappa shape index (κ3) is 3.46. The molecule has 0 aromatic carbocycles. The number of fused-ring (bicyclic) bond motifs is 2. The highest BCUT2D eigenvalue weighted by Crippen LogP contribution is 2.19. The lowest BCUT2D eigenvalue weighted by atomic mass is 10.1. The van der Waals surface area contributed by atoms with Crippen LogP contribution in [0.3, 0.4) is 0 Å². The van der Waals surface area contributed by atoms with Gasteiger partial charge in [0.05, 0.1) is 11.0 Å². The third-order valence-corrected chi connectivity index (χ3v) is 4.59. The molecule has 4 aromatic rings. The summed E-state index contributed by atoms with van der Waals surface area (Å²) in [6, 6.07) is 9.80. The van der Waals surface area contributed by atoms with Crippen molar-refractivity contribution in [2.24, 2.45) is 4.99 Å². The van der Waals surface area contributed by atoms with E-state index in [9.17, 15) is 0 Å². The molecule has 2 N–H and O–H groups in total. The molecule has 27 heavy (non-hydrogen) atoms. The van der Waals surface area contributed by atoms with Gasteiger partial charge in [-0.1, -0.05) is 0 Å². The Morgan fingerprint density at radius 2 is 2.00 bits per heavy atom. The largest absolute Gasteiger partial charge is 0.346 e. The summed E-state index contributed by atoms with van der Waals surface area (Å²) in [6.45, 7) is 4.01. The number of amidine groups is 1. The van der Waals surface area contributed by atoms with Gasteiger partial charge < -0.3 is 4.98 Å². The van der Waals surface area contributed by atoms with Crippen molar-refractivity contribution in [2.45, 2.75) is 26.7 Å². The Hall–Kier alpha value is -3.41. The standard InChI is InChI=1S/C21H20N6/c1-13-12-25-14(2)16-7-5-15(26-20(13)16)6-8-19(22)27-21-17-4-3-10-23-18(17)9-11-24-21/h3-5,7,9-12H,6,8H2,1-2H3,(H2,22,24,27). The molecule has 134 valence electrons. The van der Waals surface area contributed by atoms with Crippen molar-refractivity contribution in [3.63, 3.8) is 0 Å². The maximum atomic E-state index is 8.25. The Morgan fingerprint density at radius 1 is 1.11 bits per heavy atom. The van der Waals surface area contributed by atoms with E-state index in [0.29, 0.717) is 24.2 Å². The quantitative estimate of drug-likeness (QED) is 0.434. The summed E-state index contributed by atoms with van der Waals surface area (Å²) < 4.78 is 0. The molecule has 0 bridgehead atoms. The Kier molecular flexibility index (Phi) is 4.46. The molecule has 4 heterocycles. The summed E-state index contributed by atoms with van der Waals surface area (Å²) in [7, 11) is 0. The third-order valence-electron chi connectivity index (χ3n) is 4.59. The maximum Gasteiger partial charge on any atom is 0.141 e. The van der Waals surface area contributed by atoms with Crippen LogP contribution in [0.15, 0.2) is 53.9 Å². The zero-order chi connectivity index (χ0) is 18.8. The van der Waals surface area contributed by atoms with Crippen LogP contribution in [0.2, 0.25) is 0 Å². The van der Waals surface area contributed by atoms with Crippen LogP contribution >= 0.6 is 0 Å². The first kappa shape index (κ1) is 17.0. The molecule has 0 saturated heterocycles. The van der Waals surface area contributed by atoms with E-state index in [1.807, 2.05) is 44.3 Å². The number of pyridine rings is 4. The summed E-state index contributed by atoms with van der Waals surface area (Å²) in [5.41, 5.74) is 5.51. The molecule has 0 aliphatic carbocycles. The van der Waals surface area contributed by atoms with E-state index in [4.69, 9.17) is 10.4 Å². The molecule has 0 unspecified atom stereocenters. The second kappa shape index (κ2) is 7.07. The van der Waals surface area contributed by atoms with Gasteiger partial charge in [-0.15, -0.1) is 0 Å². The van der Waals surface area contributed by atoms with Crippen LogP contribution in [0, 0.1) is 19.3 Å². The van der Waals surface area contributed by atoms with E-state index in [2.05, 4.69) is 26.0 Å². The molecule has 0 amide bonds. The Bertz CT molecular complexity index is 1220. The number of aromatic nitrogens is 4. The van der Waals surface area contributed by atoms with Crippen molar-refractivity contribution in [1.29, 1.82) is 5.41 Å². The number of rotatable bonds is 3. The summed E-state index contributed by atoms with van der Waals surface area (Å²) in [5.74, 6) is 0.312. The first-order valence-corrected chi connectivity index (χ1v) is 8.88. The minimum absolute atomic E-state index is 0.312. The first-order valence-electron chi connectivity index (χ1n) is 8.88. The minimum atomic E-state index is 0.312. The summed E-state index contributed by atoms with van der Waals surface area (Å²) in [5, 5.41) is 10.2. The lowest BCUT2D eigenvalue weighted by molar-refractivity contribution is 0.960. The average molecular weight is 356 g/mol. The molecule has 0 aliphatic heterocycles. The predicted octanol–water partition coefficient (Wildman–Crippen LogP) is 3.63. The van der Waals surface area contributed by atoms with E-state index in [1.165, 1.54) is 0 Å². The van der Waals surface area contributed by atoms with Crippen LogP contribution in [-0.4, -0.2) is 25.8 Å². The van der Waals surface area contributed by atoms with Crippen LogP contribution in [0.5, 0.6) is 0 Å². The lowest BCUT2D eigenvalue weighted by Crippen LogP contribution is -2.12. The predicted molar refractivity (Wildman–Crippen MR) is 107 cm³/mol. The first-order chi connectivity index (χ1) is 13.1. The number of aromatic amines is 1. The molecule has 0 aliphatic rings. The van der Waals surface area contributed by atoms with Crippen LogP contribution < -0.4 is 5.49 Å². The molecule has 4 rings (SSSR count). The van der Waals surface area contributed by atoms with E-state index >= 15 is 0 Å². The molecular weight excluding hydrogens is 336 g/mol. The fraction of sp³-hybridized carbons (Fsp3) is 0.190. The zero-order valence-corrected chi connectivity index (χ0v) is 15.3. The number of aryl methyl sites for hydroxylation is 3. The minimum Gasteiger partial charge on any atom is -0.346 e. The maximum absolute atomic E-state index is 8.25. The number of hydrogen-bond donors (Lipinski definition) is 2. The Labute approximate surface area is 156 Å². The van der Waals surface area contributed by atoms with Gasteiger partial charge >= 0.3 is 0 Å². The zero-order valence-electron chi connectivity index (χ0n) is 15.3. The van der Waals surface area contributed by atoms with Gasteiger partial charge in [0.15, 0.2) is 0 Å². The summed E-state index contributed by atoms with van der Waals surface area (Å²) >= 11 is 0. The van der Waals surface area contributed by atoms with Gasteiger partial charge in [0.2, 0.25) is 0 Å². The highest BCUT2D eigenvalue weighted by molar-refractivity contribution is 5.84. The number of nitrogens with zero attached hydrogens (tertiary/aromatic N) is 4. The monoisotopic (exact) mass is 356 g/mol. The van der Waals surface area contributed by atoms with Crippen molar-refractivity contribution < 1.29 is 0 Å². The van der Waals surface area contributed by atoms with Crippen molar-refractivity contribution in [2.75, 3.05) is 0 Å². The van der Waals surface area contributed by atoms with Gasteiger partial charge in [-0.25, -0.2) is 4.99 Å². The average Bonchev–Trinajstić information content (AvgIpc) is 2.69. The molecular formula is C21H20N6. The summed E-state index contributed by atoms with van der Waals surface area (Å²) in [4.78, 5) is 21.0. The number of nitrogens with one attached hydrogen (secondary N) is 2. The van der Waals surface area contributed by atoms with E-state index < -0.39 is 0 Å². The highest BCUT2D eigenvalue weighted by Gasteiger charge is 2.06. The Morgan fingerprint density at radius 3 is 2.89 bits per heavy atom. The lowest BCUT2D eigenvalue weighted by Gasteiger charge is -2.07. The molecule has 4 aromatic heterocycles. The van der Waals surface area contributed by atoms with E-state index in [1.54, 1.807) is 12.4 Å². The van der Waals surface area contributed by atoms with Gasteiger partial charge in [0.25, 0.3) is 0 Å². The fourth-order valence-electron chi connectivity index (χ4n) is 3.11. The molecule has 0 spiro atoms. The number of H-pyrrole nitrogens is 1. The smallest absolute Gasteiger partial charge is 0.141 e. The van der Waals surface area contributed by atoms with E-state index in [0.717, 1.165) is 38.8 Å². The number of hydrogen-bond acceptors (Lipinski definition) is 4. The van der Waals surface area contributed by atoms with Gasteiger partial charge in [0, 0.05) is 47.2 Å². The molecule has 6 nitrogen and oxygen atoms in total. The highest BCUT2D eigenvalue weighted by atomic mass is 14.9. The van der Waals surface area contributed by atoms with Gasteiger partial charge in [-0.05, 0) is 56.2 Å². The molecule has 0 saturated carbocycles. The van der Waals surface area contributed by atoms with Crippen LogP contribution in [0.25, 0.3) is 21.8 Å². The second-order valence-corrected chi connectivity index (χ2v) is 6.55. The van der Waals surface area contributed by atoms with Crippen molar-refractivity contribution in [3.05, 3.63) is 71.4 Å². The van der Waals surface area contributed by atoms with Gasteiger partial charge in [0.1, 0.15) is 11.3 Å². The van der Waals surface area contributed by atoms with Crippen LogP contribution in [0.1, 0.15) is 23.4 Å². The van der Waals surface area contributed by atoms with Gasteiger partial charge in [-0.3, -0.25) is 20.4 Å². The summed E-state index contributed by atoms with van der Waals surface area (Å²) in [6.07, 6.45) is 6.60. The Balaban J connectivity index is 1.57. The molecule has 0 atom stereocenters. The van der Waals surface area contributed by atoms with Crippen molar-refractivity contribution in [3.8, 4) is 0 Å². The second-order valence-electron chi connectivity index (χ2n) is 6.55. The topological polar surface area (TPSA) is 90.7 Å². The molecule has 6 heteroatoms. The van der Waals surface area contributed by atoms with Crippen molar-refractivity contribution >= 4 is 27.6 Å². The van der Waals surface area contributed by atoms with Crippen LogP contribution in [-0.2, 0) is 6.42 Å². The van der Waals surface area contributed by atoms with Crippen LogP contribution in [0.4, 0.5) is 0 Å². The van der Waals surface area contributed by atoms with Gasteiger partial charge in [-0.2, -0.15) is 0 Å². The van der Waals surface area contributed by atoms with Crippen molar-refractivity contribution in [1.82, 2.24) is 19.9 Å². The molecule has 0 fully saturated rings. The van der Waals surface area contributed by atoms with E-state index in [-0.39, 0.29) is 0 Å². The fourth-order valence-corrected chi connectivity index (χ4v) is 3.11. The normalized spacial score (nSPS) is 12.0. The SMILES string of the molecule is Cc1ncc(C)c2nc(CCC(=N)/N=c3\[nH]ccc4ncccc34)ccc12.